The maximum Gasteiger partial charge on any atom is 0.186 e. The fourth-order valence-corrected chi connectivity index (χ4v) is 3.82. The van der Waals surface area contributed by atoms with Gasteiger partial charge in [-0.2, -0.15) is 0 Å². The highest BCUT2D eigenvalue weighted by molar-refractivity contribution is 5.75. The summed E-state index contributed by atoms with van der Waals surface area (Å²) in [4.78, 5) is 0. The SMILES string of the molecule is CCC(C(C)C)(C(C)C)C(C)(C)NC(=N)N. The van der Waals surface area contributed by atoms with E-state index in [2.05, 4.69) is 53.8 Å². The van der Waals surface area contributed by atoms with E-state index in [-0.39, 0.29) is 16.9 Å². The molecular formula is C13H29N3. The molecular weight excluding hydrogens is 198 g/mol. The molecule has 0 saturated heterocycles. The van der Waals surface area contributed by atoms with Crippen LogP contribution in [0.2, 0.25) is 0 Å². The summed E-state index contributed by atoms with van der Waals surface area (Å²) in [5.41, 5.74) is 5.47. The van der Waals surface area contributed by atoms with E-state index in [9.17, 15) is 0 Å². The second-order valence-corrected chi connectivity index (χ2v) is 5.87. The van der Waals surface area contributed by atoms with Crippen molar-refractivity contribution >= 4 is 5.96 Å². The zero-order valence-electron chi connectivity index (χ0n) is 11.9. The lowest BCUT2D eigenvalue weighted by Crippen LogP contribution is -2.61. The number of hydrogen-bond donors (Lipinski definition) is 3. The first-order chi connectivity index (χ1) is 7.11. The Kier molecular flexibility index (Phi) is 4.84. The average Bonchev–Trinajstić information content (AvgIpc) is 2.00. The van der Waals surface area contributed by atoms with Gasteiger partial charge in [-0.15, -0.1) is 0 Å². The molecule has 0 aromatic carbocycles. The third kappa shape index (κ3) is 2.50. The van der Waals surface area contributed by atoms with E-state index in [1.54, 1.807) is 0 Å². The molecule has 96 valence electrons. The van der Waals surface area contributed by atoms with Crippen molar-refractivity contribution in [3.63, 3.8) is 0 Å². The highest BCUT2D eigenvalue weighted by Crippen LogP contribution is 2.47. The van der Waals surface area contributed by atoms with E-state index in [4.69, 9.17) is 11.1 Å². The molecule has 0 bridgehead atoms. The van der Waals surface area contributed by atoms with Crippen molar-refractivity contribution in [3.8, 4) is 0 Å². The summed E-state index contributed by atoms with van der Waals surface area (Å²) < 4.78 is 0. The highest BCUT2D eigenvalue weighted by atomic mass is 15.1. The van der Waals surface area contributed by atoms with Gasteiger partial charge in [0.15, 0.2) is 5.96 Å². The molecule has 0 atom stereocenters. The maximum atomic E-state index is 7.45. The Morgan fingerprint density at radius 3 is 1.75 bits per heavy atom. The zero-order chi connectivity index (χ0) is 13.1. The summed E-state index contributed by atoms with van der Waals surface area (Å²) >= 11 is 0. The fourth-order valence-electron chi connectivity index (χ4n) is 3.82. The van der Waals surface area contributed by atoms with E-state index in [1.807, 2.05) is 0 Å². The monoisotopic (exact) mass is 227 g/mol. The molecule has 3 nitrogen and oxygen atoms in total. The third-order valence-electron chi connectivity index (χ3n) is 4.26. The van der Waals surface area contributed by atoms with Crippen molar-refractivity contribution in [1.29, 1.82) is 5.41 Å². The summed E-state index contributed by atoms with van der Waals surface area (Å²) in [7, 11) is 0. The largest absolute Gasteiger partial charge is 0.370 e. The smallest absolute Gasteiger partial charge is 0.186 e. The number of rotatable bonds is 5. The summed E-state index contributed by atoms with van der Waals surface area (Å²) in [5, 5.41) is 10.6. The standard InChI is InChI=1S/C13H29N3/c1-8-13(9(2)3,10(4)5)12(6,7)16-11(14)15/h9-10H,8H2,1-7H3,(H4,14,15,16). The van der Waals surface area contributed by atoms with Gasteiger partial charge in [0.2, 0.25) is 0 Å². The van der Waals surface area contributed by atoms with Gasteiger partial charge in [0.25, 0.3) is 0 Å². The number of guanidine groups is 1. The molecule has 4 N–H and O–H groups in total. The van der Waals surface area contributed by atoms with E-state index in [1.165, 1.54) is 0 Å². The molecule has 0 aromatic heterocycles. The van der Waals surface area contributed by atoms with Crippen LogP contribution in [0.1, 0.15) is 54.9 Å². The molecule has 0 rings (SSSR count). The van der Waals surface area contributed by atoms with Crippen LogP contribution in [0, 0.1) is 22.7 Å². The molecule has 0 fully saturated rings. The molecule has 0 aliphatic heterocycles. The predicted molar refractivity (Wildman–Crippen MR) is 71.5 cm³/mol. The van der Waals surface area contributed by atoms with E-state index < -0.39 is 0 Å². The Hall–Kier alpha value is -0.730. The normalized spacial score (nSPS) is 13.3. The third-order valence-corrected chi connectivity index (χ3v) is 4.26. The lowest BCUT2D eigenvalue weighted by Gasteiger charge is -2.53. The van der Waals surface area contributed by atoms with E-state index in [0.29, 0.717) is 11.8 Å². The molecule has 16 heavy (non-hydrogen) atoms. The van der Waals surface area contributed by atoms with Crippen LogP contribution in [0.3, 0.4) is 0 Å². The fraction of sp³-hybridized carbons (Fsp3) is 0.923. The van der Waals surface area contributed by atoms with Gasteiger partial charge in [-0.3, -0.25) is 5.41 Å². The van der Waals surface area contributed by atoms with Crippen LogP contribution >= 0.6 is 0 Å². The van der Waals surface area contributed by atoms with Crippen molar-refractivity contribution in [1.82, 2.24) is 5.32 Å². The zero-order valence-corrected chi connectivity index (χ0v) is 11.9. The summed E-state index contributed by atoms with van der Waals surface area (Å²) in [6.45, 7) is 15.6. The van der Waals surface area contributed by atoms with Gasteiger partial charge in [0.05, 0.1) is 0 Å². The number of nitrogens with one attached hydrogen (secondary N) is 2. The minimum absolute atomic E-state index is 0.0594. The van der Waals surface area contributed by atoms with Crippen molar-refractivity contribution in [3.05, 3.63) is 0 Å². The van der Waals surface area contributed by atoms with Crippen LogP contribution < -0.4 is 11.1 Å². The summed E-state index contributed by atoms with van der Waals surface area (Å²) in [6, 6.07) is 0. The average molecular weight is 227 g/mol. The molecule has 0 spiro atoms. The van der Waals surface area contributed by atoms with Gasteiger partial charge < -0.3 is 11.1 Å². The summed E-state index contributed by atoms with van der Waals surface area (Å²) in [5.74, 6) is 1.14. The molecule has 0 aliphatic carbocycles. The van der Waals surface area contributed by atoms with Crippen molar-refractivity contribution in [2.24, 2.45) is 23.0 Å². The molecule has 0 amide bonds. The Morgan fingerprint density at radius 1 is 1.19 bits per heavy atom. The second-order valence-electron chi connectivity index (χ2n) is 5.87. The maximum absolute atomic E-state index is 7.45. The van der Waals surface area contributed by atoms with Gasteiger partial charge in [-0.05, 0) is 37.5 Å². The van der Waals surface area contributed by atoms with Crippen LogP contribution in [0.15, 0.2) is 0 Å². The van der Waals surface area contributed by atoms with Crippen LogP contribution in [0.4, 0.5) is 0 Å². The Labute approximate surface area is 101 Å². The van der Waals surface area contributed by atoms with Crippen LogP contribution in [0.25, 0.3) is 0 Å². The quantitative estimate of drug-likeness (QED) is 0.499. The number of hydrogen-bond acceptors (Lipinski definition) is 1. The van der Waals surface area contributed by atoms with Gasteiger partial charge in [0, 0.05) is 5.54 Å². The molecule has 0 saturated carbocycles. The Balaban J connectivity index is 5.39. The summed E-state index contributed by atoms with van der Waals surface area (Å²) in [6.07, 6.45) is 1.08. The first-order valence-electron chi connectivity index (χ1n) is 6.24. The molecule has 0 radical (unpaired) electrons. The minimum Gasteiger partial charge on any atom is -0.370 e. The first kappa shape index (κ1) is 15.3. The molecule has 0 unspecified atom stereocenters. The van der Waals surface area contributed by atoms with Gasteiger partial charge >= 0.3 is 0 Å². The van der Waals surface area contributed by atoms with Crippen LogP contribution in [0.5, 0.6) is 0 Å². The highest BCUT2D eigenvalue weighted by Gasteiger charge is 2.48. The lowest BCUT2D eigenvalue weighted by atomic mass is 9.57. The first-order valence-corrected chi connectivity index (χ1v) is 6.24. The van der Waals surface area contributed by atoms with Crippen molar-refractivity contribution in [2.45, 2.75) is 60.4 Å². The number of nitrogens with two attached hydrogens (primary N) is 1. The topological polar surface area (TPSA) is 61.9 Å². The van der Waals surface area contributed by atoms with Crippen molar-refractivity contribution in [2.75, 3.05) is 0 Å². The van der Waals surface area contributed by atoms with E-state index >= 15 is 0 Å². The molecule has 0 aliphatic rings. The van der Waals surface area contributed by atoms with Gasteiger partial charge in [-0.25, -0.2) is 0 Å². The minimum atomic E-state index is -0.171. The lowest BCUT2D eigenvalue weighted by molar-refractivity contribution is 0.0106. The van der Waals surface area contributed by atoms with Crippen molar-refractivity contribution < 1.29 is 0 Å². The Morgan fingerprint density at radius 2 is 1.56 bits per heavy atom. The van der Waals surface area contributed by atoms with Crippen LogP contribution in [-0.4, -0.2) is 11.5 Å². The van der Waals surface area contributed by atoms with Gasteiger partial charge in [-0.1, -0.05) is 34.6 Å². The van der Waals surface area contributed by atoms with Gasteiger partial charge in [0.1, 0.15) is 0 Å². The van der Waals surface area contributed by atoms with E-state index in [0.717, 1.165) is 6.42 Å². The molecule has 0 heterocycles. The predicted octanol–water partition coefficient (Wildman–Crippen LogP) is 2.96. The molecule has 3 heteroatoms. The second kappa shape index (κ2) is 5.07. The molecule has 0 aromatic rings. The van der Waals surface area contributed by atoms with Crippen LogP contribution in [-0.2, 0) is 0 Å². The Bertz CT molecular complexity index is 234.